The topological polar surface area (TPSA) is 85.8 Å². The van der Waals surface area contributed by atoms with Crippen molar-refractivity contribution in [2.24, 2.45) is 5.92 Å². The molecular weight excluding hydrogens is 418 g/mol. The molecule has 1 unspecified atom stereocenters. The van der Waals surface area contributed by atoms with Crippen molar-refractivity contribution in [2.75, 3.05) is 19.6 Å². The number of benzene rings is 2. The van der Waals surface area contributed by atoms with Crippen LogP contribution in [0.25, 0.3) is 10.9 Å². The smallest absolute Gasteiger partial charge is 0.284 e. The van der Waals surface area contributed by atoms with E-state index in [4.69, 9.17) is 4.74 Å². The van der Waals surface area contributed by atoms with Crippen LogP contribution in [0.3, 0.4) is 0 Å². The minimum Gasteiger partial charge on any atom is -0.490 e. The van der Waals surface area contributed by atoms with Gasteiger partial charge < -0.3 is 19.9 Å². The fourth-order valence-electron chi connectivity index (χ4n) is 5.12. The molecule has 0 amide bonds. The number of β-amino-alcohol motifs (C(OH)–C–C–N with tert-alkyl or cyclic N) is 2. The lowest BCUT2D eigenvalue weighted by Crippen LogP contribution is -2.36. The molecule has 8 heteroatoms. The van der Waals surface area contributed by atoms with Crippen LogP contribution in [0.15, 0.2) is 53.3 Å². The SMILES string of the molecule is O=c1[nH]c2c(F)cc(C(O)CN3C[C@H]4C[C@H](Oc5ccccc5)C[C@@]4(O)C3)cc2cc1F. The highest BCUT2D eigenvalue weighted by Crippen LogP contribution is 2.43. The second kappa shape index (κ2) is 7.95. The van der Waals surface area contributed by atoms with Crippen LogP contribution in [0.2, 0.25) is 0 Å². The van der Waals surface area contributed by atoms with E-state index < -0.39 is 28.9 Å². The zero-order chi connectivity index (χ0) is 22.5. The molecule has 1 saturated heterocycles. The summed E-state index contributed by atoms with van der Waals surface area (Å²) < 4.78 is 34.1. The quantitative estimate of drug-likeness (QED) is 0.566. The van der Waals surface area contributed by atoms with E-state index in [9.17, 15) is 23.8 Å². The predicted octanol–water partition coefficient (Wildman–Crippen LogP) is 2.74. The normalized spacial score (nSPS) is 26.4. The molecule has 1 saturated carbocycles. The lowest BCUT2D eigenvalue weighted by Gasteiger charge is -2.25. The van der Waals surface area contributed by atoms with Crippen LogP contribution < -0.4 is 10.3 Å². The molecule has 2 aromatic carbocycles. The molecule has 2 heterocycles. The summed E-state index contributed by atoms with van der Waals surface area (Å²) >= 11 is 0. The van der Waals surface area contributed by atoms with Crippen molar-refractivity contribution in [1.82, 2.24) is 9.88 Å². The number of hydrogen-bond acceptors (Lipinski definition) is 5. The van der Waals surface area contributed by atoms with Gasteiger partial charge in [0.2, 0.25) is 0 Å². The summed E-state index contributed by atoms with van der Waals surface area (Å²) in [4.78, 5) is 15.5. The molecule has 168 valence electrons. The molecule has 0 radical (unpaired) electrons. The standard InChI is InChI=1S/C24H24F2N2O4/c25-19-7-14(6-15-8-20(26)23(30)27-22(15)19)21(29)12-28-11-16-9-18(10-24(16,31)13-28)32-17-4-2-1-3-5-17/h1-8,16,18,21,29,31H,9-13H2,(H,27,30)/t16-,18+,21?,24-/m1/s1. The number of rotatable bonds is 5. The van der Waals surface area contributed by atoms with Crippen molar-refractivity contribution >= 4 is 10.9 Å². The molecule has 0 spiro atoms. The van der Waals surface area contributed by atoms with Crippen molar-refractivity contribution in [2.45, 2.75) is 30.7 Å². The van der Waals surface area contributed by atoms with Gasteiger partial charge in [-0.1, -0.05) is 18.2 Å². The third kappa shape index (κ3) is 3.90. The van der Waals surface area contributed by atoms with Crippen LogP contribution in [0, 0.1) is 17.6 Å². The molecule has 1 aliphatic carbocycles. The van der Waals surface area contributed by atoms with Gasteiger partial charge in [0.05, 0.1) is 17.2 Å². The van der Waals surface area contributed by atoms with E-state index >= 15 is 0 Å². The van der Waals surface area contributed by atoms with Crippen molar-refractivity contribution in [3.8, 4) is 5.75 Å². The van der Waals surface area contributed by atoms with Crippen LogP contribution in [0.4, 0.5) is 8.78 Å². The molecular formula is C24H24F2N2O4. The van der Waals surface area contributed by atoms with Gasteiger partial charge in [-0.2, -0.15) is 0 Å². The number of aliphatic hydroxyl groups is 2. The lowest BCUT2D eigenvalue weighted by atomic mass is 9.95. The molecule has 6 nitrogen and oxygen atoms in total. The number of nitrogens with zero attached hydrogens (tertiary/aromatic N) is 1. The Morgan fingerprint density at radius 3 is 2.72 bits per heavy atom. The predicted molar refractivity (Wildman–Crippen MR) is 114 cm³/mol. The van der Waals surface area contributed by atoms with E-state index in [2.05, 4.69) is 4.98 Å². The zero-order valence-corrected chi connectivity index (χ0v) is 17.3. The highest BCUT2D eigenvalue weighted by molar-refractivity contribution is 5.79. The van der Waals surface area contributed by atoms with Gasteiger partial charge in [-0.3, -0.25) is 9.69 Å². The number of H-pyrrole nitrogens is 1. The average Bonchev–Trinajstić information content (AvgIpc) is 3.20. The number of fused-ring (bicyclic) bond motifs is 2. The number of halogens is 2. The second-order valence-corrected chi connectivity index (χ2v) is 8.92. The van der Waals surface area contributed by atoms with E-state index in [1.54, 1.807) is 0 Å². The number of likely N-dealkylation sites (tertiary alicyclic amines) is 1. The average molecular weight is 442 g/mol. The summed E-state index contributed by atoms with van der Waals surface area (Å²) in [5.41, 5.74) is -1.69. The van der Waals surface area contributed by atoms with Crippen LogP contribution in [-0.4, -0.2) is 51.4 Å². The van der Waals surface area contributed by atoms with Gasteiger partial charge in [-0.25, -0.2) is 8.78 Å². The monoisotopic (exact) mass is 442 g/mol. The third-order valence-corrected chi connectivity index (χ3v) is 6.61. The number of ether oxygens (including phenoxy) is 1. The van der Waals surface area contributed by atoms with Gasteiger partial charge in [0.1, 0.15) is 17.7 Å². The minimum atomic E-state index is -1.03. The number of hydrogen-bond donors (Lipinski definition) is 3. The molecule has 3 aromatic rings. The number of aliphatic hydroxyl groups excluding tert-OH is 1. The van der Waals surface area contributed by atoms with Gasteiger partial charge in [0.25, 0.3) is 5.56 Å². The first kappa shape index (κ1) is 21.1. The van der Waals surface area contributed by atoms with Gasteiger partial charge >= 0.3 is 0 Å². The lowest BCUT2D eigenvalue weighted by molar-refractivity contribution is 0.0178. The molecule has 2 fully saturated rings. The number of para-hydroxylation sites is 1. The Labute approximate surface area is 183 Å². The van der Waals surface area contributed by atoms with E-state index in [0.717, 1.165) is 24.3 Å². The van der Waals surface area contributed by atoms with Crippen LogP contribution >= 0.6 is 0 Å². The van der Waals surface area contributed by atoms with Crippen molar-refractivity contribution in [3.63, 3.8) is 0 Å². The molecule has 4 atom stereocenters. The maximum atomic E-state index is 14.4. The fourth-order valence-corrected chi connectivity index (χ4v) is 5.12. The van der Waals surface area contributed by atoms with Gasteiger partial charge in [-0.05, 0) is 42.3 Å². The van der Waals surface area contributed by atoms with Crippen LogP contribution in [0.1, 0.15) is 24.5 Å². The highest BCUT2D eigenvalue weighted by Gasteiger charge is 2.52. The Balaban J connectivity index is 1.25. The Bertz CT molecular complexity index is 1200. The molecule has 1 aromatic heterocycles. The number of pyridine rings is 1. The van der Waals surface area contributed by atoms with E-state index in [0.29, 0.717) is 19.5 Å². The Morgan fingerprint density at radius 2 is 1.97 bits per heavy atom. The van der Waals surface area contributed by atoms with Crippen LogP contribution in [-0.2, 0) is 0 Å². The third-order valence-electron chi connectivity index (χ3n) is 6.61. The van der Waals surface area contributed by atoms with Crippen molar-refractivity contribution < 1.29 is 23.7 Å². The first-order valence-electron chi connectivity index (χ1n) is 10.7. The summed E-state index contributed by atoms with van der Waals surface area (Å²) in [5, 5.41) is 22.0. The summed E-state index contributed by atoms with van der Waals surface area (Å²) in [6, 6.07) is 13.1. The molecule has 2 aliphatic rings. The molecule has 32 heavy (non-hydrogen) atoms. The second-order valence-electron chi connectivity index (χ2n) is 8.92. The number of aromatic amines is 1. The van der Waals surface area contributed by atoms with E-state index in [1.807, 2.05) is 35.2 Å². The first-order chi connectivity index (χ1) is 15.3. The molecule has 1 aliphatic heterocycles. The number of nitrogens with one attached hydrogen (secondary N) is 1. The molecule has 3 N–H and O–H groups in total. The maximum absolute atomic E-state index is 14.4. The Kier molecular flexibility index (Phi) is 5.23. The van der Waals surface area contributed by atoms with Gasteiger partial charge in [0, 0.05) is 37.4 Å². The van der Waals surface area contributed by atoms with E-state index in [-0.39, 0.29) is 35.0 Å². The summed E-state index contributed by atoms with van der Waals surface area (Å²) in [7, 11) is 0. The maximum Gasteiger partial charge on any atom is 0.284 e. The Hall–Kier alpha value is -2.81. The molecule has 5 rings (SSSR count). The van der Waals surface area contributed by atoms with Crippen LogP contribution in [0.5, 0.6) is 5.75 Å². The van der Waals surface area contributed by atoms with Crippen molar-refractivity contribution in [1.29, 1.82) is 0 Å². The first-order valence-corrected chi connectivity index (χ1v) is 10.7. The summed E-state index contributed by atoms with van der Waals surface area (Å²) in [6.07, 6.45) is 0.139. The fraction of sp³-hybridized carbons (Fsp3) is 0.375. The minimum absolute atomic E-state index is 0.0240. The van der Waals surface area contributed by atoms with Crippen molar-refractivity contribution in [3.05, 3.63) is 76.1 Å². The Morgan fingerprint density at radius 1 is 1.19 bits per heavy atom. The number of aromatic nitrogens is 1. The summed E-state index contributed by atoms with van der Waals surface area (Å²) in [5.74, 6) is -0.933. The summed E-state index contributed by atoms with van der Waals surface area (Å²) in [6.45, 7) is 1.20. The molecule has 0 bridgehead atoms. The van der Waals surface area contributed by atoms with Gasteiger partial charge in [-0.15, -0.1) is 0 Å². The highest BCUT2D eigenvalue weighted by atomic mass is 19.1. The zero-order valence-electron chi connectivity index (χ0n) is 17.3. The largest absolute Gasteiger partial charge is 0.490 e. The van der Waals surface area contributed by atoms with Gasteiger partial charge in [0.15, 0.2) is 5.82 Å². The van der Waals surface area contributed by atoms with E-state index in [1.165, 1.54) is 6.07 Å².